The molecule has 0 nitrogen and oxygen atoms in total. The fourth-order valence-corrected chi connectivity index (χ4v) is 3.09. The molecule has 2 aliphatic carbocycles. The van der Waals surface area contributed by atoms with Crippen LogP contribution in [0.5, 0.6) is 0 Å². The lowest BCUT2D eigenvalue weighted by atomic mass is 9.67. The minimum Gasteiger partial charge on any atom is -0.244 e. The highest BCUT2D eigenvalue weighted by atomic mass is 19.1. The normalized spacial score (nSPS) is 50.7. The second kappa shape index (κ2) is 2.46. The molecular formula is C10H17F. The summed E-state index contributed by atoms with van der Waals surface area (Å²) in [4.78, 5) is 0. The standard InChI is InChI=1S/C10H17F/c1-8-5-9-3-2-4-10(11,6-8)7-9/h8-9H,2-7H2,1H3. The maximum atomic E-state index is 13.9. The van der Waals surface area contributed by atoms with Crippen molar-refractivity contribution in [2.24, 2.45) is 11.8 Å². The number of alkyl halides is 1. The van der Waals surface area contributed by atoms with Gasteiger partial charge in [-0.1, -0.05) is 13.3 Å². The molecule has 64 valence electrons. The second-order valence-corrected chi connectivity index (χ2v) is 4.66. The summed E-state index contributed by atoms with van der Waals surface area (Å²) >= 11 is 0. The Balaban J connectivity index is 2.09. The predicted octanol–water partition coefficient (Wildman–Crippen LogP) is 3.31. The van der Waals surface area contributed by atoms with Gasteiger partial charge < -0.3 is 0 Å². The average molecular weight is 156 g/mol. The van der Waals surface area contributed by atoms with E-state index in [9.17, 15) is 4.39 Å². The molecule has 0 aliphatic heterocycles. The van der Waals surface area contributed by atoms with Gasteiger partial charge in [0.2, 0.25) is 0 Å². The lowest BCUT2D eigenvalue weighted by Gasteiger charge is -2.42. The van der Waals surface area contributed by atoms with Gasteiger partial charge in [0.05, 0.1) is 0 Å². The van der Waals surface area contributed by atoms with E-state index in [0.717, 1.165) is 31.6 Å². The molecule has 0 radical (unpaired) electrons. The molecule has 2 rings (SSSR count). The molecule has 2 aliphatic rings. The topological polar surface area (TPSA) is 0 Å². The van der Waals surface area contributed by atoms with E-state index in [-0.39, 0.29) is 0 Å². The summed E-state index contributed by atoms with van der Waals surface area (Å²) in [6.07, 6.45) is 6.25. The zero-order chi connectivity index (χ0) is 7.90. The van der Waals surface area contributed by atoms with Crippen molar-refractivity contribution in [1.82, 2.24) is 0 Å². The largest absolute Gasteiger partial charge is 0.244 e. The molecule has 3 unspecified atom stereocenters. The molecule has 0 aromatic heterocycles. The van der Waals surface area contributed by atoms with Gasteiger partial charge in [0, 0.05) is 0 Å². The Hall–Kier alpha value is -0.0700. The van der Waals surface area contributed by atoms with Crippen LogP contribution in [0.15, 0.2) is 0 Å². The fourth-order valence-electron chi connectivity index (χ4n) is 3.09. The van der Waals surface area contributed by atoms with E-state index in [1.165, 1.54) is 12.8 Å². The van der Waals surface area contributed by atoms with E-state index >= 15 is 0 Å². The summed E-state index contributed by atoms with van der Waals surface area (Å²) < 4.78 is 13.9. The molecule has 0 N–H and O–H groups in total. The van der Waals surface area contributed by atoms with Crippen molar-refractivity contribution in [3.8, 4) is 0 Å². The van der Waals surface area contributed by atoms with Crippen molar-refractivity contribution in [2.45, 2.75) is 51.1 Å². The molecule has 2 saturated carbocycles. The SMILES string of the molecule is CC1CC2CCCC(F)(C1)C2. The summed E-state index contributed by atoms with van der Waals surface area (Å²) in [6.45, 7) is 2.20. The number of hydrogen-bond acceptors (Lipinski definition) is 0. The van der Waals surface area contributed by atoms with Crippen LogP contribution in [0.25, 0.3) is 0 Å². The van der Waals surface area contributed by atoms with Crippen LogP contribution in [0.2, 0.25) is 0 Å². The molecule has 2 fully saturated rings. The van der Waals surface area contributed by atoms with Crippen LogP contribution in [0.3, 0.4) is 0 Å². The van der Waals surface area contributed by atoms with E-state index in [2.05, 4.69) is 6.92 Å². The van der Waals surface area contributed by atoms with Gasteiger partial charge in [0.15, 0.2) is 0 Å². The third-order valence-corrected chi connectivity index (χ3v) is 3.34. The number of fused-ring (bicyclic) bond motifs is 2. The van der Waals surface area contributed by atoms with Gasteiger partial charge in [0.25, 0.3) is 0 Å². The van der Waals surface area contributed by atoms with Crippen LogP contribution in [-0.4, -0.2) is 5.67 Å². The first kappa shape index (κ1) is 7.57. The number of hydrogen-bond donors (Lipinski definition) is 0. The van der Waals surface area contributed by atoms with Gasteiger partial charge in [-0.15, -0.1) is 0 Å². The van der Waals surface area contributed by atoms with Crippen LogP contribution in [0.1, 0.15) is 45.4 Å². The van der Waals surface area contributed by atoms with Gasteiger partial charge in [-0.25, -0.2) is 4.39 Å². The molecule has 3 atom stereocenters. The minimum atomic E-state index is -0.749. The third kappa shape index (κ3) is 1.43. The maximum absolute atomic E-state index is 13.9. The summed E-state index contributed by atoms with van der Waals surface area (Å²) in [5.74, 6) is 1.36. The van der Waals surface area contributed by atoms with Crippen LogP contribution in [0.4, 0.5) is 4.39 Å². The number of rotatable bonds is 0. The lowest BCUT2D eigenvalue weighted by molar-refractivity contribution is 0.00740. The highest BCUT2D eigenvalue weighted by Crippen LogP contribution is 2.47. The first-order valence-corrected chi connectivity index (χ1v) is 4.87. The molecule has 0 spiro atoms. The Morgan fingerprint density at radius 1 is 1.36 bits per heavy atom. The van der Waals surface area contributed by atoms with Crippen LogP contribution < -0.4 is 0 Å². The molecule has 2 bridgehead atoms. The molecule has 1 heteroatoms. The Bertz CT molecular complexity index is 151. The van der Waals surface area contributed by atoms with Crippen LogP contribution >= 0.6 is 0 Å². The lowest BCUT2D eigenvalue weighted by Crippen LogP contribution is -2.38. The minimum absolute atomic E-state index is 0.638. The average Bonchev–Trinajstić information content (AvgIpc) is 1.82. The smallest absolute Gasteiger partial charge is 0.111 e. The van der Waals surface area contributed by atoms with Crippen molar-refractivity contribution in [3.05, 3.63) is 0 Å². The fraction of sp³-hybridized carbons (Fsp3) is 1.00. The molecule has 11 heavy (non-hydrogen) atoms. The second-order valence-electron chi connectivity index (χ2n) is 4.66. The van der Waals surface area contributed by atoms with E-state index in [4.69, 9.17) is 0 Å². The third-order valence-electron chi connectivity index (χ3n) is 3.34. The van der Waals surface area contributed by atoms with E-state index in [0.29, 0.717) is 5.92 Å². The summed E-state index contributed by atoms with van der Waals surface area (Å²) in [7, 11) is 0. The van der Waals surface area contributed by atoms with Gasteiger partial charge in [-0.3, -0.25) is 0 Å². The van der Waals surface area contributed by atoms with Gasteiger partial charge >= 0.3 is 0 Å². The van der Waals surface area contributed by atoms with Crippen molar-refractivity contribution in [1.29, 1.82) is 0 Å². The van der Waals surface area contributed by atoms with Gasteiger partial charge in [-0.2, -0.15) is 0 Å². The molecule has 0 saturated heterocycles. The van der Waals surface area contributed by atoms with Crippen molar-refractivity contribution in [3.63, 3.8) is 0 Å². The summed E-state index contributed by atoms with van der Waals surface area (Å²) in [6, 6.07) is 0. The molecule has 0 heterocycles. The quantitative estimate of drug-likeness (QED) is 0.504. The first-order chi connectivity index (χ1) is 5.18. The zero-order valence-electron chi connectivity index (χ0n) is 7.28. The Morgan fingerprint density at radius 2 is 2.18 bits per heavy atom. The van der Waals surface area contributed by atoms with Crippen molar-refractivity contribution < 1.29 is 4.39 Å². The van der Waals surface area contributed by atoms with Crippen molar-refractivity contribution in [2.75, 3.05) is 0 Å². The first-order valence-electron chi connectivity index (χ1n) is 4.87. The highest BCUT2D eigenvalue weighted by Gasteiger charge is 2.41. The Morgan fingerprint density at radius 3 is 2.91 bits per heavy atom. The maximum Gasteiger partial charge on any atom is 0.111 e. The van der Waals surface area contributed by atoms with Crippen LogP contribution in [0, 0.1) is 11.8 Å². The van der Waals surface area contributed by atoms with E-state index in [1.54, 1.807) is 0 Å². The van der Waals surface area contributed by atoms with E-state index < -0.39 is 5.67 Å². The molecular weight excluding hydrogens is 139 g/mol. The molecule has 0 amide bonds. The van der Waals surface area contributed by atoms with Crippen LogP contribution in [-0.2, 0) is 0 Å². The number of halogens is 1. The predicted molar refractivity (Wildman–Crippen MR) is 44.2 cm³/mol. The Kier molecular flexibility index (Phi) is 1.70. The van der Waals surface area contributed by atoms with Gasteiger partial charge in [0.1, 0.15) is 5.67 Å². The summed E-state index contributed by atoms with van der Waals surface area (Å²) in [5, 5.41) is 0. The molecule has 0 aromatic rings. The highest BCUT2D eigenvalue weighted by molar-refractivity contribution is 4.92. The van der Waals surface area contributed by atoms with E-state index in [1.807, 2.05) is 0 Å². The zero-order valence-corrected chi connectivity index (χ0v) is 7.28. The summed E-state index contributed by atoms with van der Waals surface area (Å²) in [5.41, 5.74) is -0.749. The van der Waals surface area contributed by atoms with Gasteiger partial charge in [-0.05, 0) is 43.9 Å². The monoisotopic (exact) mass is 156 g/mol. The Labute approximate surface area is 68.2 Å². The van der Waals surface area contributed by atoms with Crippen molar-refractivity contribution >= 4 is 0 Å². The molecule has 0 aromatic carbocycles.